The molecule has 0 fully saturated rings. The first-order valence-electron chi connectivity index (χ1n) is 8.57. The van der Waals surface area contributed by atoms with Gasteiger partial charge in [0.2, 0.25) is 21.8 Å². The highest BCUT2D eigenvalue weighted by Gasteiger charge is 2.18. The molecule has 0 spiro atoms. The zero-order valence-electron chi connectivity index (χ0n) is 16.2. The summed E-state index contributed by atoms with van der Waals surface area (Å²) >= 11 is 0. The Kier molecular flexibility index (Phi) is 6.76. The zero-order valence-corrected chi connectivity index (χ0v) is 17.0. The summed E-state index contributed by atoms with van der Waals surface area (Å²) in [6.45, 7) is 3.12. The standard InChI is InChI=1S/C19H24N4O4S/c1-13(20-15-8-10-16(11-9-15)21-14(2)24)19(25)22-17-6-5-7-18(12-17)28(26,27)23(3)4/h5-13,20H,1-4H3,(H,21,24)(H,22,25)/t13-/m0/s1. The molecule has 9 heteroatoms. The van der Waals surface area contributed by atoms with Crippen molar-refractivity contribution >= 4 is 38.9 Å². The minimum absolute atomic E-state index is 0.101. The Balaban J connectivity index is 2.04. The number of rotatable bonds is 7. The van der Waals surface area contributed by atoms with E-state index in [1.165, 1.54) is 33.2 Å². The first-order valence-corrected chi connectivity index (χ1v) is 10.0. The van der Waals surface area contributed by atoms with Crippen molar-refractivity contribution in [3.63, 3.8) is 0 Å². The summed E-state index contributed by atoms with van der Waals surface area (Å²) < 4.78 is 25.5. The number of nitrogens with one attached hydrogen (secondary N) is 3. The van der Waals surface area contributed by atoms with Crippen LogP contribution in [0.1, 0.15) is 13.8 Å². The van der Waals surface area contributed by atoms with Crippen LogP contribution in [0.25, 0.3) is 0 Å². The van der Waals surface area contributed by atoms with Gasteiger partial charge in [-0.3, -0.25) is 9.59 Å². The average molecular weight is 404 g/mol. The lowest BCUT2D eigenvalue weighted by atomic mass is 10.2. The SMILES string of the molecule is CC(=O)Nc1ccc(N[C@@H](C)C(=O)Nc2cccc(S(=O)(=O)N(C)C)c2)cc1. The smallest absolute Gasteiger partial charge is 0.246 e. The summed E-state index contributed by atoms with van der Waals surface area (Å²) in [4.78, 5) is 23.6. The minimum atomic E-state index is -3.58. The van der Waals surface area contributed by atoms with E-state index in [0.717, 1.165) is 4.31 Å². The maximum absolute atomic E-state index is 12.4. The summed E-state index contributed by atoms with van der Waals surface area (Å²) in [5.74, 6) is -0.475. The van der Waals surface area contributed by atoms with Crippen LogP contribution in [0.5, 0.6) is 0 Å². The second kappa shape index (κ2) is 8.85. The maximum atomic E-state index is 12.4. The topological polar surface area (TPSA) is 108 Å². The van der Waals surface area contributed by atoms with Gasteiger partial charge in [0, 0.05) is 38.1 Å². The van der Waals surface area contributed by atoms with Gasteiger partial charge in [0.05, 0.1) is 4.90 Å². The molecule has 0 aliphatic rings. The molecule has 0 saturated heterocycles. The fourth-order valence-electron chi connectivity index (χ4n) is 2.36. The summed E-state index contributed by atoms with van der Waals surface area (Å²) in [5, 5.41) is 8.43. The Labute approximate surface area is 165 Å². The quantitative estimate of drug-likeness (QED) is 0.656. The van der Waals surface area contributed by atoms with Crippen LogP contribution in [0, 0.1) is 0 Å². The third kappa shape index (κ3) is 5.54. The van der Waals surface area contributed by atoms with Crippen LogP contribution in [0.2, 0.25) is 0 Å². The minimum Gasteiger partial charge on any atom is -0.374 e. The molecule has 2 rings (SSSR count). The number of hydrogen-bond donors (Lipinski definition) is 3. The van der Waals surface area contributed by atoms with Crippen LogP contribution < -0.4 is 16.0 Å². The molecule has 2 aromatic carbocycles. The van der Waals surface area contributed by atoms with Gasteiger partial charge in [0.15, 0.2) is 0 Å². The van der Waals surface area contributed by atoms with Crippen molar-refractivity contribution in [3.8, 4) is 0 Å². The molecule has 2 amide bonds. The molecule has 0 aromatic heterocycles. The van der Waals surface area contributed by atoms with Crippen LogP contribution in [0.4, 0.5) is 17.1 Å². The van der Waals surface area contributed by atoms with Gasteiger partial charge in [-0.15, -0.1) is 0 Å². The number of nitrogens with zero attached hydrogens (tertiary/aromatic N) is 1. The molecule has 0 heterocycles. The molecular formula is C19H24N4O4S. The predicted molar refractivity (Wildman–Crippen MR) is 110 cm³/mol. The van der Waals surface area contributed by atoms with Gasteiger partial charge >= 0.3 is 0 Å². The lowest BCUT2D eigenvalue weighted by molar-refractivity contribution is -0.116. The monoisotopic (exact) mass is 404 g/mol. The second-order valence-electron chi connectivity index (χ2n) is 6.43. The van der Waals surface area contributed by atoms with Crippen molar-refractivity contribution in [2.24, 2.45) is 0 Å². The van der Waals surface area contributed by atoms with Gasteiger partial charge < -0.3 is 16.0 Å². The van der Waals surface area contributed by atoms with E-state index in [1.54, 1.807) is 43.3 Å². The first-order chi connectivity index (χ1) is 13.1. The molecule has 28 heavy (non-hydrogen) atoms. The molecule has 150 valence electrons. The molecule has 3 N–H and O–H groups in total. The number of benzene rings is 2. The van der Waals surface area contributed by atoms with Crippen LogP contribution in [0.3, 0.4) is 0 Å². The van der Waals surface area contributed by atoms with E-state index in [9.17, 15) is 18.0 Å². The van der Waals surface area contributed by atoms with E-state index < -0.39 is 16.1 Å². The molecule has 1 atom stereocenters. The summed E-state index contributed by atoms with van der Waals surface area (Å²) in [6.07, 6.45) is 0. The lowest BCUT2D eigenvalue weighted by Crippen LogP contribution is -2.32. The number of sulfonamides is 1. The van der Waals surface area contributed by atoms with Crippen molar-refractivity contribution in [3.05, 3.63) is 48.5 Å². The second-order valence-corrected chi connectivity index (χ2v) is 8.58. The van der Waals surface area contributed by atoms with E-state index in [1.807, 2.05) is 0 Å². The Morgan fingerprint density at radius 3 is 2.11 bits per heavy atom. The normalized spacial score (nSPS) is 12.3. The Morgan fingerprint density at radius 2 is 1.54 bits per heavy atom. The van der Waals surface area contributed by atoms with Crippen molar-refractivity contribution < 1.29 is 18.0 Å². The Bertz CT molecular complexity index is 956. The summed E-state index contributed by atoms with van der Waals surface area (Å²) in [7, 11) is -0.684. The van der Waals surface area contributed by atoms with Crippen LogP contribution >= 0.6 is 0 Å². The van der Waals surface area contributed by atoms with Crippen LogP contribution in [-0.4, -0.2) is 44.7 Å². The highest BCUT2D eigenvalue weighted by molar-refractivity contribution is 7.89. The number of carbonyl (C=O) groups is 2. The third-order valence-electron chi connectivity index (χ3n) is 3.86. The van der Waals surface area contributed by atoms with Gasteiger partial charge in [-0.25, -0.2) is 12.7 Å². The molecule has 0 aliphatic carbocycles. The van der Waals surface area contributed by atoms with Crippen LogP contribution in [0.15, 0.2) is 53.4 Å². The number of carbonyl (C=O) groups excluding carboxylic acids is 2. The molecule has 2 aromatic rings. The molecule has 0 saturated carbocycles. The predicted octanol–water partition coefficient (Wildman–Crippen LogP) is 2.33. The fraction of sp³-hybridized carbons (Fsp3) is 0.263. The molecule has 0 radical (unpaired) electrons. The van der Waals surface area contributed by atoms with E-state index in [-0.39, 0.29) is 16.7 Å². The van der Waals surface area contributed by atoms with E-state index in [0.29, 0.717) is 17.1 Å². The maximum Gasteiger partial charge on any atom is 0.246 e. The Morgan fingerprint density at radius 1 is 0.929 bits per heavy atom. The lowest BCUT2D eigenvalue weighted by Gasteiger charge is -2.17. The largest absolute Gasteiger partial charge is 0.374 e. The summed E-state index contributed by atoms with van der Waals surface area (Å²) in [6, 6.07) is 12.5. The zero-order chi connectivity index (χ0) is 20.9. The van der Waals surface area contributed by atoms with Gasteiger partial charge in [-0.2, -0.15) is 0 Å². The molecular weight excluding hydrogens is 380 g/mol. The molecule has 8 nitrogen and oxygen atoms in total. The number of anilines is 3. The van der Waals surface area contributed by atoms with Crippen molar-refractivity contribution in [2.45, 2.75) is 24.8 Å². The highest BCUT2D eigenvalue weighted by atomic mass is 32.2. The van der Waals surface area contributed by atoms with E-state index in [2.05, 4.69) is 16.0 Å². The van der Waals surface area contributed by atoms with Crippen molar-refractivity contribution in [1.82, 2.24) is 4.31 Å². The van der Waals surface area contributed by atoms with Gasteiger partial charge in [-0.1, -0.05) is 6.07 Å². The van der Waals surface area contributed by atoms with Gasteiger partial charge in [-0.05, 0) is 49.4 Å². The van der Waals surface area contributed by atoms with Crippen molar-refractivity contribution in [1.29, 1.82) is 0 Å². The number of amides is 2. The van der Waals surface area contributed by atoms with Crippen LogP contribution in [-0.2, 0) is 19.6 Å². The van der Waals surface area contributed by atoms with Gasteiger partial charge in [0.1, 0.15) is 6.04 Å². The molecule has 0 unspecified atom stereocenters. The molecule has 0 bridgehead atoms. The summed E-state index contributed by atoms with van der Waals surface area (Å²) in [5.41, 5.74) is 1.76. The fourth-order valence-corrected chi connectivity index (χ4v) is 3.31. The Hall–Kier alpha value is -2.91. The van der Waals surface area contributed by atoms with Gasteiger partial charge in [0.25, 0.3) is 0 Å². The first kappa shape index (κ1) is 21.4. The van der Waals surface area contributed by atoms with E-state index in [4.69, 9.17) is 0 Å². The molecule has 0 aliphatic heterocycles. The van der Waals surface area contributed by atoms with Crippen molar-refractivity contribution in [2.75, 3.05) is 30.0 Å². The number of hydrogen-bond acceptors (Lipinski definition) is 5. The average Bonchev–Trinajstić information content (AvgIpc) is 2.63. The van der Waals surface area contributed by atoms with E-state index >= 15 is 0 Å². The highest BCUT2D eigenvalue weighted by Crippen LogP contribution is 2.19. The third-order valence-corrected chi connectivity index (χ3v) is 5.67.